The minimum atomic E-state index is -4.30. The summed E-state index contributed by atoms with van der Waals surface area (Å²) in [5.41, 5.74) is 1.65. The van der Waals surface area contributed by atoms with Crippen LogP contribution in [0.25, 0.3) is 17.0 Å². The number of rotatable bonds is 2. The summed E-state index contributed by atoms with van der Waals surface area (Å²) >= 11 is 0. The van der Waals surface area contributed by atoms with Gasteiger partial charge in [-0.25, -0.2) is 8.42 Å². The summed E-state index contributed by atoms with van der Waals surface area (Å²) in [4.78, 5) is 3.02. The average molecular weight is 261 g/mol. The molecule has 0 aliphatic rings. The Hall–Kier alpha value is 0.0464. The summed E-state index contributed by atoms with van der Waals surface area (Å²) in [6.45, 7) is 0. The molecule has 1 aromatic carbocycles. The molecule has 0 aliphatic heterocycles. The maximum absolute atomic E-state index is 10.4. The van der Waals surface area contributed by atoms with Gasteiger partial charge in [0.1, 0.15) is 10.1 Å². The van der Waals surface area contributed by atoms with Crippen LogP contribution in [0.15, 0.2) is 35.9 Å². The molecular formula is C10H8KNO3S. The maximum Gasteiger partial charge on any atom is 1.00 e. The molecule has 1 aromatic heterocycles. The number of benzene rings is 1. The Morgan fingerprint density at radius 1 is 1.25 bits per heavy atom. The first-order chi connectivity index (χ1) is 7.04. The molecule has 0 saturated carbocycles. The number of hydrogen-bond acceptors (Lipinski definition) is 3. The van der Waals surface area contributed by atoms with Gasteiger partial charge in [0.25, 0.3) is 0 Å². The number of nitrogens with one attached hydrogen (secondary N) is 1. The molecule has 0 aliphatic carbocycles. The minimum absolute atomic E-state index is 0. The van der Waals surface area contributed by atoms with E-state index in [0.717, 1.165) is 10.9 Å². The van der Waals surface area contributed by atoms with Crippen LogP contribution in [0.3, 0.4) is 0 Å². The van der Waals surface area contributed by atoms with E-state index < -0.39 is 10.1 Å². The largest absolute Gasteiger partial charge is 1.00 e. The van der Waals surface area contributed by atoms with Gasteiger partial charge in [0.05, 0.1) is 0 Å². The van der Waals surface area contributed by atoms with Crippen molar-refractivity contribution in [2.75, 3.05) is 0 Å². The van der Waals surface area contributed by atoms with Crippen LogP contribution in [0.1, 0.15) is 5.56 Å². The van der Waals surface area contributed by atoms with Crippen molar-refractivity contribution in [2.24, 2.45) is 0 Å². The number of H-pyrrole nitrogens is 1. The van der Waals surface area contributed by atoms with Crippen molar-refractivity contribution in [2.45, 2.75) is 0 Å². The number of hydrogen-bond donors (Lipinski definition) is 1. The smallest absolute Gasteiger partial charge is 0.744 e. The van der Waals surface area contributed by atoms with E-state index in [1.54, 1.807) is 18.3 Å². The zero-order chi connectivity index (χ0) is 10.9. The summed E-state index contributed by atoms with van der Waals surface area (Å²) in [5, 5.41) is 1.63. The van der Waals surface area contributed by atoms with Crippen molar-refractivity contribution in [3.63, 3.8) is 0 Å². The zero-order valence-corrected chi connectivity index (χ0v) is 12.6. The Bertz CT molecular complexity index is 616. The second-order valence-electron chi connectivity index (χ2n) is 3.12. The van der Waals surface area contributed by atoms with Crippen LogP contribution in [0.2, 0.25) is 0 Å². The fraction of sp³-hybridized carbons (Fsp3) is 0. The molecule has 2 aromatic rings. The van der Waals surface area contributed by atoms with Gasteiger partial charge in [0.2, 0.25) is 0 Å². The molecule has 16 heavy (non-hydrogen) atoms. The van der Waals surface area contributed by atoms with E-state index >= 15 is 0 Å². The topological polar surface area (TPSA) is 73.0 Å². The number of fused-ring (bicyclic) bond motifs is 1. The third kappa shape index (κ3) is 3.81. The first-order valence-electron chi connectivity index (χ1n) is 4.26. The third-order valence-electron chi connectivity index (χ3n) is 2.00. The summed E-state index contributed by atoms with van der Waals surface area (Å²) in [5.74, 6) is 0. The van der Waals surface area contributed by atoms with Crippen molar-refractivity contribution in [3.8, 4) is 0 Å². The fourth-order valence-electron chi connectivity index (χ4n) is 1.34. The van der Waals surface area contributed by atoms with Crippen LogP contribution < -0.4 is 51.4 Å². The maximum atomic E-state index is 10.4. The van der Waals surface area contributed by atoms with E-state index in [-0.39, 0.29) is 51.4 Å². The van der Waals surface area contributed by atoms with E-state index in [4.69, 9.17) is 0 Å². The van der Waals surface area contributed by atoms with Gasteiger partial charge in [0.15, 0.2) is 0 Å². The van der Waals surface area contributed by atoms with Gasteiger partial charge in [0, 0.05) is 17.1 Å². The fourth-order valence-corrected chi connectivity index (χ4v) is 1.66. The van der Waals surface area contributed by atoms with Gasteiger partial charge in [-0.1, -0.05) is 6.07 Å². The van der Waals surface area contributed by atoms with Gasteiger partial charge in [-0.15, -0.1) is 0 Å². The zero-order valence-electron chi connectivity index (χ0n) is 8.67. The summed E-state index contributed by atoms with van der Waals surface area (Å²) in [7, 11) is -4.30. The second kappa shape index (κ2) is 5.59. The molecule has 1 N–H and O–H groups in total. The standard InChI is InChI=1S/C10H9NO3S.K/c12-15(13,14)6-4-8-1-2-10-9(7-8)3-5-11-10;/h1-7,11H,(H,12,13,14);/q;+1/p-1/b6-4+;. The van der Waals surface area contributed by atoms with Crippen LogP contribution in [0.5, 0.6) is 0 Å². The summed E-state index contributed by atoms with van der Waals surface area (Å²) in [6, 6.07) is 7.23. The molecule has 6 heteroatoms. The molecule has 0 unspecified atom stereocenters. The Balaban J connectivity index is 0.00000128. The van der Waals surface area contributed by atoms with E-state index in [0.29, 0.717) is 11.0 Å². The van der Waals surface area contributed by atoms with Crippen LogP contribution in [0.4, 0.5) is 0 Å². The predicted molar refractivity (Wildman–Crippen MR) is 57.0 cm³/mol. The quantitative estimate of drug-likeness (QED) is 0.539. The molecule has 1 heterocycles. The van der Waals surface area contributed by atoms with Crippen molar-refractivity contribution in [3.05, 3.63) is 41.4 Å². The van der Waals surface area contributed by atoms with Crippen molar-refractivity contribution >= 4 is 27.1 Å². The van der Waals surface area contributed by atoms with E-state index in [1.807, 2.05) is 12.1 Å². The Morgan fingerprint density at radius 2 is 2.00 bits per heavy atom. The van der Waals surface area contributed by atoms with Crippen LogP contribution in [-0.4, -0.2) is 18.0 Å². The SMILES string of the molecule is O=S(=O)([O-])/C=C/c1ccc2[nH]ccc2c1.[K+]. The molecule has 0 atom stereocenters. The van der Waals surface area contributed by atoms with E-state index in [1.165, 1.54) is 6.08 Å². The normalized spacial score (nSPS) is 11.8. The van der Waals surface area contributed by atoms with E-state index in [2.05, 4.69) is 4.98 Å². The van der Waals surface area contributed by atoms with Gasteiger partial charge in [-0.2, -0.15) is 0 Å². The summed E-state index contributed by atoms with van der Waals surface area (Å²) in [6.07, 6.45) is 3.08. The molecule has 2 rings (SSSR count). The van der Waals surface area contributed by atoms with E-state index in [9.17, 15) is 13.0 Å². The molecule has 0 bridgehead atoms. The molecular weight excluding hydrogens is 253 g/mol. The molecule has 0 spiro atoms. The average Bonchev–Trinajstić information content (AvgIpc) is 2.60. The Morgan fingerprint density at radius 3 is 2.69 bits per heavy atom. The number of aromatic nitrogens is 1. The molecule has 0 amide bonds. The molecule has 0 fully saturated rings. The third-order valence-corrected chi connectivity index (χ3v) is 2.47. The monoisotopic (exact) mass is 261 g/mol. The molecule has 4 nitrogen and oxygen atoms in total. The predicted octanol–water partition coefficient (Wildman–Crippen LogP) is -1.31. The Kier molecular flexibility index (Phi) is 4.93. The van der Waals surface area contributed by atoms with Crippen molar-refractivity contribution in [1.82, 2.24) is 4.98 Å². The van der Waals surface area contributed by atoms with Gasteiger partial charge in [-0.05, 0) is 35.2 Å². The Labute approximate surface area is 136 Å². The van der Waals surface area contributed by atoms with Crippen LogP contribution >= 0.6 is 0 Å². The first kappa shape index (κ1) is 14.1. The molecule has 0 radical (unpaired) electrons. The van der Waals surface area contributed by atoms with Crippen molar-refractivity contribution < 1.29 is 64.4 Å². The number of aromatic amines is 1. The first-order valence-corrected chi connectivity index (χ1v) is 5.73. The van der Waals surface area contributed by atoms with Gasteiger partial charge in [-0.3, -0.25) is 0 Å². The van der Waals surface area contributed by atoms with Gasteiger partial charge < -0.3 is 9.54 Å². The van der Waals surface area contributed by atoms with Crippen LogP contribution in [0, 0.1) is 0 Å². The molecule has 78 valence electrons. The second-order valence-corrected chi connectivity index (χ2v) is 4.38. The molecule has 0 saturated heterocycles. The van der Waals surface area contributed by atoms with Crippen LogP contribution in [-0.2, 0) is 10.1 Å². The van der Waals surface area contributed by atoms with Crippen molar-refractivity contribution in [1.29, 1.82) is 0 Å². The summed E-state index contributed by atoms with van der Waals surface area (Å²) < 4.78 is 31.1. The minimum Gasteiger partial charge on any atom is -0.744 e. The van der Waals surface area contributed by atoms with Gasteiger partial charge >= 0.3 is 51.4 Å².